The molecule has 1 unspecified atom stereocenters. The van der Waals surface area contributed by atoms with Crippen LogP contribution in [0.4, 0.5) is 11.6 Å². The highest BCUT2D eigenvalue weighted by Gasteiger charge is 2.25. The second-order valence-corrected chi connectivity index (χ2v) is 9.79. The van der Waals surface area contributed by atoms with Gasteiger partial charge in [-0.25, -0.2) is 19.6 Å². The average molecular weight is 516 g/mol. The number of anilines is 2. The van der Waals surface area contributed by atoms with Crippen LogP contribution in [0.3, 0.4) is 0 Å². The molecule has 1 aliphatic heterocycles. The van der Waals surface area contributed by atoms with Crippen molar-refractivity contribution in [3.8, 4) is 5.69 Å². The summed E-state index contributed by atoms with van der Waals surface area (Å²) >= 11 is 0. The molecule has 0 saturated heterocycles. The van der Waals surface area contributed by atoms with Crippen LogP contribution in [-0.2, 0) is 13.1 Å². The summed E-state index contributed by atoms with van der Waals surface area (Å²) in [4.78, 5) is 27.1. The Labute approximate surface area is 222 Å². The molecule has 1 aliphatic rings. The van der Waals surface area contributed by atoms with E-state index in [4.69, 9.17) is 16.6 Å². The van der Waals surface area contributed by atoms with Crippen molar-refractivity contribution in [2.75, 3.05) is 11.5 Å². The van der Waals surface area contributed by atoms with E-state index in [9.17, 15) is 4.79 Å². The lowest BCUT2D eigenvalue weighted by atomic mass is 10.00. The van der Waals surface area contributed by atoms with E-state index < -0.39 is 0 Å². The first kappa shape index (κ1) is 22.9. The molecule has 0 saturated carbocycles. The number of rotatable bonds is 4. The van der Waals surface area contributed by atoms with Crippen molar-refractivity contribution >= 4 is 39.5 Å². The molecule has 0 bridgehead atoms. The normalized spacial score (nSPS) is 14.7. The molecule has 7 rings (SSSR count). The number of hydrogen-bond acceptors (Lipinski definition) is 7. The molecule has 39 heavy (non-hydrogen) atoms. The van der Waals surface area contributed by atoms with Crippen LogP contribution in [0.25, 0.3) is 33.6 Å². The van der Waals surface area contributed by atoms with Crippen molar-refractivity contribution in [1.29, 1.82) is 0 Å². The van der Waals surface area contributed by atoms with Gasteiger partial charge in [0.05, 0.1) is 23.0 Å². The minimum Gasteiger partial charge on any atom is -0.383 e. The predicted molar refractivity (Wildman–Crippen MR) is 152 cm³/mol. The highest BCUT2D eigenvalue weighted by molar-refractivity contribution is 5.89. The smallest absolute Gasteiger partial charge is 0.263 e. The maximum Gasteiger partial charge on any atom is 0.263 e. The Hall–Kier alpha value is -5.25. The minimum atomic E-state index is -0.0845. The van der Waals surface area contributed by atoms with E-state index in [1.54, 1.807) is 4.57 Å². The van der Waals surface area contributed by atoms with Gasteiger partial charge in [0.1, 0.15) is 23.8 Å². The van der Waals surface area contributed by atoms with Crippen LogP contribution >= 0.6 is 0 Å². The van der Waals surface area contributed by atoms with Crippen molar-refractivity contribution in [2.45, 2.75) is 25.9 Å². The van der Waals surface area contributed by atoms with Crippen LogP contribution in [0.5, 0.6) is 0 Å². The predicted octanol–water partition coefficient (Wildman–Crippen LogP) is 3.66. The number of pyridine rings is 1. The number of nitrogen functional groups attached to an aromatic ring is 2. The Morgan fingerprint density at radius 1 is 1.03 bits per heavy atom. The van der Waals surface area contributed by atoms with Gasteiger partial charge in [0.2, 0.25) is 0 Å². The molecular formula is C29H25N9O. The summed E-state index contributed by atoms with van der Waals surface area (Å²) in [5, 5.41) is 7.30. The van der Waals surface area contributed by atoms with Gasteiger partial charge in [0.15, 0.2) is 5.65 Å². The summed E-state index contributed by atoms with van der Waals surface area (Å²) in [5.74, 6) is 1.55. The Morgan fingerprint density at radius 2 is 1.87 bits per heavy atom. The van der Waals surface area contributed by atoms with Crippen molar-refractivity contribution < 1.29 is 0 Å². The van der Waals surface area contributed by atoms with Gasteiger partial charge in [-0.05, 0) is 42.1 Å². The lowest BCUT2D eigenvalue weighted by Gasteiger charge is -2.17. The van der Waals surface area contributed by atoms with Crippen LogP contribution in [-0.4, -0.2) is 33.9 Å². The molecule has 6 aromatic rings. The van der Waals surface area contributed by atoms with Gasteiger partial charge in [-0.1, -0.05) is 42.5 Å². The van der Waals surface area contributed by atoms with Crippen LogP contribution in [0.2, 0.25) is 0 Å². The first-order valence-corrected chi connectivity index (χ1v) is 12.7. The number of nitrogens with zero attached hydrogens (tertiary/aromatic N) is 7. The molecule has 4 aromatic heterocycles. The van der Waals surface area contributed by atoms with Gasteiger partial charge in [-0.15, -0.1) is 0 Å². The van der Waals surface area contributed by atoms with E-state index in [-0.39, 0.29) is 11.5 Å². The zero-order valence-electron chi connectivity index (χ0n) is 21.2. The molecule has 2 aromatic carbocycles. The third kappa shape index (κ3) is 3.68. The summed E-state index contributed by atoms with van der Waals surface area (Å²) in [5.41, 5.74) is 16.1. The number of allylic oxidation sites excluding steroid dienone is 1. The number of aryl methyl sites for hydroxylation is 1. The number of nitrogens with two attached hydrogens (primary N) is 2. The van der Waals surface area contributed by atoms with E-state index in [1.165, 1.54) is 6.33 Å². The molecule has 0 amide bonds. The van der Waals surface area contributed by atoms with E-state index in [0.29, 0.717) is 41.1 Å². The number of fused-ring (bicyclic) bond motifs is 3. The van der Waals surface area contributed by atoms with Gasteiger partial charge >= 0.3 is 0 Å². The molecule has 10 nitrogen and oxygen atoms in total. The van der Waals surface area contributed by atoms with Crippen molar-refractivity contribution in [2.24, 2.45) is 0 Å². The third-order valence-electron chi connectivity index (χ3n) is 7.29. The fourth-order valence-electron chi connectivity index (χ4n) is 5.53. The fraction of sp³-hybridized carbons (Fsp3) is 0.138. The van der Waals surface area contributed by atoms with E-state index >= 15 is 0 Å². The Bertz CT molecular complexity index is 1980. The monoisotopic (exact) mass is 515 g/mol. The molecule has 5 heterocycles. The van der Waals surface area contributed by atoms with E-state index in [1.807, 2.05) is 77.0 Å². The summed E-state index contributed by atoms with van der Waals surface area (Å²) in [6, 6.07) is 17.6. The molecule has 0 aliphatic carbocycles. The number of para-hydroxylation sites is 1. The summed E-state index contributed by atoms with van der Waals surface area (Å²) in [7, 11) is 0. The molecule has 0 radical (unpaired) electrons. The van der Waals surface area contributed by atoms with Gasteiger partial charge in [-0.3, -0.25) is 9.36 Å². The Morgan fingerprint density at radius 3 is 2.72 bits per heavy atom. The topological polar surface area (TPSA) is 135 Å². The molecule has 4 N–H and O–H groups in total. The quantitative estimate of drug-likeness (QED) is 0.366. The van der Waals surface area contributed by atoms with Gasteiger partial charge in [0.25, 0.3) is 5.56 Å². The fourth-order valence-corrected chi connectivity index (χ4v) is 5.53. The molecule has 0 spiro atoms. The highest BCUT2D eigenvalue weighted by Crippen LogP contribution is 2.33. The molecule has 192 valence electrons. The zero-order chi connectivity index (χ0) is 26.7. The first-order chi connectivity index (χ1) is 19.0. The highest BCUT2D eigenvalue weighted by atomic mass is 16.1. The van der Waals surface area contributed by atoms with Crippen molar-refractivity contribution in [1.82, 2.24) is 33.9 Å². The summed E-state index contributed by atoms with van der Waals surface area (Å²) < 4.78 is 5.57. The lowest BCUT2D eigenvalue weighted by Crippen LogP contribution is -2.24. The Kier molecular flexibility index (Phi) is 5.09. The summed E-state index contributed by atoms with van der Waals surface area (Å²) in [6.07, 6.45) is 7.26. The van der Waals surface area contributed by atoms with Crippen LogP contribution in [0, 0.1) is 6.92 Å². The van der Waals surface area contributed by atoms with Crippen molar-refractivity contribution in [3.05, 3.63) is 106 Å². The van der Waals surface area contributed by atoms with Crippen LogP contribution < -0.4 is 17.0 Å². The van der Waals surface area contributed by atoms with Gasteiger partial charge < -0.3 is 16.0 Å². The SMILES string of the molecule is Cc1cccc2cc(Cn3nc(C4C=Cc5nc(N)cn5C4)c4c(N)ncnc43)n(-c3ccccc3)c(=O)c12. The lowest BCUT2D eigenvalue weighted by molar-refractivity contribution is 0.588. The molecular weight excluding hydrogens is 490 g/mol. The minimum absolute atomic E-state index is 0.0712. The van der Waals surface area contributed by atoms with E-state index in [0.717, 1.165) is 33.8 Å². The number of aromatic nitrogens is 7. The molecule has 10 heteroatoms. The van der Waals surface area contributed by atoms with Crippen molar-refractivity contribution in [3.63, 3.8) is 0 Å². The molecule has 1 atom stereocenters. The average Bonchev–Trinajstić information content (AvgIpc) is 3.49. The largest absolute Gasteiger partial charge is 0.383 e. The number of hydrogen-bond donors (Lipinski definition) is 2. The first-order valence-electron chi connectivity index (χ1n) is 12.7. The second kappa shape index (κ2) is 8.66. The van der Waals surface area contributed by atoms with E-state index in [2.05, 4.69) is 27.1 Å². The zero-order valence-corrected chi connectivity index (χ0v) is 21.2. The van der Waals surface area contributed by atoms with Gasteiger partial charge in [0, 0.05) is 30.0 Å². The van der Waals surface area contributed by atoms with Gasteiger partial charge in [-0.2, -0.15) is 5.10 Å². The number of imidazole rings is 1. The van der Waals surface area contributed by atoms with Crippen LogP contribution in [0.15, 0.2) is 78.0 Å². The second-order valence-electron chi connectivity index (χ2n) is 9.79. The maximum absolute atomic E-state index is 13.9. The number of benzene rings is 2. The Balaban J connectivity index is 1.41. The summed E-state index contributed by atoms with van der Waals surface area (Å²) in [6.45, 7) is 2.88. The maximum atomic E-state index is 13.9. The molecule has 0 fully saturated rings. The third-order valence-corrected chi connectivity index (χ3v) is 7.29. The standard InChI is InChI=1S/C29H25N9O/c1-17-6-5-7-18-12-21(38(29(39)24(17)18)20-8-3-2-4-9-20)14-37-28-25(27(31)32-16-33-28)26(35-37)19-10-11-23-34-22(30)15-36(23)13-19/h2-12,15-16,19H,13-14,30H2,1H3,(H2,31,32,33). The van der Waals surface area contributed by atoms with Crippen LogP contribution in [0.1, 0.15) is 28.7 Å².